The molecule has 1 rings (SSSR count). The Bertz CT molecular complexity index is 153. The molecule has 1 aliphatic heterocycles. The second kappa shape index (κ2) is 4.40. The third kappa shape index (κ3) is 2.66. The van der Waals surface area contributed by atoms with Crippen molar-refractivity contribution in [3.05, 3.63) is 0 Å². The number of hydrogen-bond acceptors (Lipinski definition) is 3. The molecule has 1 aliphatic rings. The van der Waals surface area contributed by atoms with Crippen LogP contribution in [-0.4, -0.2) is 47.0 Å². The van der Waals surface area contributed by atoms with Crippen molar-refractivity contribution in [3.8, 4) is 0 Å². The molecule has 0 radical (unpaired) electrons. The zero-order valence-electron chi connectivity index (χ0n) is 8.66. The standard InChI is InChI=1S/C10H21NO2/c1-9(2)10(13)7-11(8-10)5-3-4-6-12/h9,12-13H,3-8H2,1-2H3. The van der Waals surface area contributed by atoms with Crippen LogP contribution in [0.4, 0.5) is 0 Å². The van der Waals surface area contributed by atoms with Crippen LogP contribution in [0.5, 0.6) is 0 Å². The summed E-state index contributed by atoms with van der Waals surface area (Å²) in [7, 11) is 0. The maximum Gasteiger partial charge on any atom is 0.0922 e. The van der Waals surface area contributed by atoms with Gasteiger partial charge in [0.2, 0.25) is 0 Å². The van der Waals surface area contributed by atoms with Crippen molar-refractivity contribution in [1.82, 2.24) is 4.90 Å². The fourth-order valence-corrected chi connectivity index (χ4v) is 1.70. The number of β-amino-alcohol motifs (C(OH)–C–C–N with tert-alkyl or cyclic N) is 1. The summed E-state index contributed by atoms with van der Waals surface area (Å²) in [4.78, 5) is 2.25. The van der Waals surface area contributed by atoms with Crippen LogP contribution in [0, 0.1) is 5.92 Å². The molecular formula is C10H21NO2. The summed E-state index contributed by atoms with van der Waals surface area (Å²) < 4.78 is 0. The zero-order chi connectivity index (χ0) is 9.90. The summed E-state index contributed by atoms with van der Waals surface area (Å²) in [5, 5.41) is 18.5. The second-order valence-electron chi connectivity index (χ2n) is 4.40. The summed E-state index contributed by atoms with van der Waals surface area (Å²) in [6.45, 7) is 7.01. The van der Waals surface area contributed by atoms with Crippen LogP contribution in [0.25, 0.3) is 0 Å². The van der Waals surface area contributed by atoms with Gasteiger partial charge in [-0.2, -0.15) is 0 Å². The topological polar surface area (TPSA) is 43.7 Å². The second-order valence-corrected chi connectivity index (χ2v) is 4.40. The van der Waals surface area contributed by atoms with Crippen LogP contribution in [0.15, 0.2) is 0 Å². The van der Waals surface area contributed by atoms with Crippen molar-refractivity contribution in [2.75, 3.05) is 26.2 Å². The Kier molecular flexibility index (Phi) is 3.71. The lowest BCUT2D eigenvalue weighted by atomic mass is 9.83. The van der Waals surface area contributed by atoms with Gasteiger partial charge >= 0.3 is 0 Å². The predicted octanol–water partition coefficient (Wildman–Crippen LogP) is 0.462. The average molecular weight is 187 g/mol. The maximum absolute atomic E-state index is 9.92. The van der Waals surface area contributed by atoms with Gasteiger partial charge in [-0.15, -0.1) is 0 Å². The summed E-state index contributed by atoms with van der Waals surface area (Å²) in [6, 6.07) is 0. The van der Waals surface area contributed by atoms with E-state index < -0.39 is 5.60 Å². The van der Waals surface area contributed by atoms with E-state index in [0.717, 1.165) is 32.5 Å². The minimum atomic E-state index is -0.445. The van der Waals surface area contributed by atoms with E-state index in [4.69, 9.17) is 5.11 Å². The molecule has 0 aromatic heterocycles. The number of nitrogens with zero attached hydrogens (tertiary/aromatic N) is 1. The van der Waals surface area contributed by atoms with Crippen LogP contribution in [0.2, 0.25) is 0 Å². The van der Waals surface area contributed by atoms with Gasteiger partial charge in [-0.3, -0.25) is 4.90 Å². The molecule has 0 amide bonds. The van der Waals surface area contributed by atoms with Crippen LogP contribution >= 0.6 is 0 Å². The van der Waals surface area contributed by atoms with E-state index >= 15 is 0 Å². The first kappa shape index (κ1) is 11.0. The van der Waals surface area contributed by atoms with Crippen molar-refractivity contribution < 1.29 is 10.2 Å². The molecule has 0 atom stereocenters. The van der Waals surface area contributed by atoms with Gasteiger partial charge in [0, 0.05) is 19.7 Å². The van der Waals surface area contributed by atoms with Crippen molar-refractivity contribution in [2.45, 2.75) is 32.3 Å². The number of rotatable bonds is 5. The molecule has 3 nitrogen and oxygen atoms in total. The van der Waals surface area contributed by atoms with Gasteiger partial charge in [-0.25, -0.2) is 0 Å². The molecule has 3 heteroatoms. The van der Waals surface area contributed by atoms with E-state index in [9.17, 15) is 5.11 Å². The predicted molar refractivity (Wildman–Crippen MR) is 52.5 cm³/mol. The fourth-order valence-electron chi connectivity index (χ4n) is 1.70. The highest BCUT2D eigenvalue weighted by molar-refractivity contribution is 4.97. The van der Waals surface area contributed by atoms with Crippen molar-refractivity contribution in [3.63, 3.8) is 0 Å². The van der Waals surface area contributed by atoms with Gasteiger partial charge in [0.25, 0.3) is 0 Å². The van der Waals surface area contributed by atoms with Gasteiger partial charge in [-0.1, -0.05) is 13.8 Å². The van der Waals surface area contributed by atoms with E-state index in [0.29, 0.717) is 5.92 Å². The minimum absolute atomic E-state index is 0.280. The van der Waals surface area contributed by atoms with Crippen LogP contribution in [0.3, 0.4) is 0 Å². The lowest BCUT2D eigenvalue weighted by molar-refractivity contribution is -0.127. The van der Waals surface area contributed by atoms with Crippen LogP contribution < -0.4 is 0 Å². The van der Waals surface area contributed by atoms with Gasteiger partial charge in [0.1, 0.15) is 0 Å². The van der Waals surface area contributed by atoms with E-state index in [1.807, 2.05) is 0 Å². The minimum Gasteiger partial charge on any atom is -0.396 e. The van der Waals surface area contributed by atoms with E-state index in [1.165, 1.54) is 0 Å². The number of likely N-dealkylation sites (tertiary alicyclic amines) is 1. The highest BCUT2D eigenvalue weighted by Gasteiger charge is 2.42. The van der Waals surface area contributed by atoms with Crippen LogP contribution in [-0.2, 0) is 0 Å². The normalized spacial score (nSPS) is 21.9. The van der Waals surface area contributed by atoms with Gasteiger partial charge in [0.05, 0.1) is 5.60 Å². The molecule has 0 saturated carbocycles. The molecular weight excluding hydrogens is 166 g/mol. The molecule has 0 bridgehead atoms. The molecule has 0 aromatic carbocycles. The number of aliphatic hydroxyl groups is 2. The highest BCUT2D eigenvalue weighted by atomic mass is 16.3. The Morgan fingerprint density at radius 3 is 2.38 bits per heavy atom. The molecule has 0 aromatic rings. The number of unbranched alkanes of at least 4 members (excludes halogenated alkanes) is 1. The SMILES string of the molecule is CC(C)C1(O)CN(CCCCO)C1. The molecule has 1 heterocycles. The van der Waals surface area contributed by atoms with Gasteiger partial charge in [0.15, 0.2) is 0 Å². The fraction of sp³-hybridized carbons (Fsp3) is 1.00. The molecule has 1 saturated heterocycles. The van der Waals surface area contributed by atoms with E-state index in [1.54, 1.807) is 0 Å². The summed E-state index contributed by atoms with van der Waals surface area (Å²) in [5.41, 5.74) is -0.445. The highest BCUT2D eigenvalue weighted by Crippen LogP contribution is 2.28. The Labute approximate surface area is 80.4 Å². The smallest absolute Gasteiger partial charge is 0.0922 e. The molecule has 2 N–H and O–H groups in total. The summed E-state index contributed by atoms with van der Waals surface area (Å²) in [6.07, 6.45) is 1.90. The maximum atomic E-state index is 9.92. The Morgan fingerprint density at radius 2 is 1.92 bits per heavy atom. The lowest BCUT2D eigenvalue weighted by Crippen LogP contribution is -2.64. The molecule has 1 fully saturated rings. The Balaban J connectivity index is 2.10. The van der Waals surface area contributed by atoms with Gasteiger partial charge < -0.3 is 10.2 Å². The monoisotopic (exact) mass is 187 g/mol. The largest absolute Gasteiger partial charge is 0.396 e. The summed E-state index contributed by atoms with van der Waals surface area (Å²) >= 11 is 0. The molecule has 13 heavy (non-hydrogen) atoms. The van der Waals surface area contributed by atoms with E-state index in [2.05, 4.69) is 18.7 Å². The zero-order valence-corrected chi connectivity index (χ0v) is 8.66. The molecule has 0 spiro atoms. The van der Waals surface area contributed by atoms with Crippen LogP contribution in [0.1, 0.15) is 26.7 Å². The van der Waals surface area contributed by atoms with Crippen molar-refractivity contribution >= 4 is 0 Å². The Morgan fingerprint density at radius 1 is 1.31 bits per heavy atom. The average Bonchev–Trinajstić information content (AvgIpc) is 2.01. The third-order valence-corrected chi connectivity index (χ3v) is 2.95. The first-order chi connectivity index (χ1) is 6.08. The number of hydrogen-bond donors (Lipinski definition) is 2. The molecule has 0 aliphatic carbocycles. The first-order valence-electron chi connectivity index (χ1n) is 5.14. The lowest BCUT2D eigenvalue weighted by Gasteiger charge is -2.49. The van der Waals surface area contributed by atoms with E-state index in [-0.39, 0.29) is 6.61 Å². The number of aliphatic hydroxyl groups excluding tert-OH is 1. The molecule has 0 unspecified atom stereocenters. The van der Waals surface area contributed by atoms with Crippen molar-refractivity contribution in [2.24, 2.45) is 5.92 Å². The molecule has 78 valence electrons. The first-order valence-corrected chi connectivity index (χ1v) is 5.14. The van der Waals surface area contributed by atoms with Crippen molar-refractivity contribution in [1.29, 1.82) is 0 Å². The third-order valence-electron chi connectivity index (χ3n) is 2.95. The summed E-state index contributed by atoms with van der Waals surface area (Å²) in [5.74, 6) is 0.349. The quantitative estimate of drug-likeness (QED) is 0.615. The van der Waals surface area contributed by atoms with Gasteiger partial charge in [-0.05, 0) is 25.3 Å². The Hall–Kier alpha value is -0.120.